The fourth-order valence-corrected chi connectivity index (χ4v) is 9.31. The summed E-state index contributed by atoms with van der Waals surface area (Å²) in [6.07, 6.45) is 19.4. The highest BCUT2D eigenvalue weighted by molar-refractivity contribution is 5.88. The van der Waals surface area contributed by atoms with Crippen molar-refractivity contribution >= 4 is 17.8 Å². The Labute approximate surface area is 384 Å². The number of rotatable bonds is 6. The number of hydrogen-bond acceptors (Lipinski definition) is 9. The number of aliphatic carboxylic acids is 1. The molecule has 3 heterocycles. The number of carboxylic acids is 1. The molecule has 3 aliphatic carbocycles. The van der Waals surface area contributed by atoms with E-state index in [1.165, 1.54) is 63.5 Å². The van der Waals surface area contributed by atoms with Gasteiger partial charge in [0.1, 0.15) is 29.1 Å². The first kappa shape index (κ1) is 54.2. The Balaban J connectivity index is 0.000000233. The number of ether oxygens (including phenoxy) is 1. The molecule has 65 heavy (non-hydrogen) atoms. The summed E-state index contributed by atoms with van der Waals surface area (Å²) in [6, 6.07) is 19.7. The summed E-state index contributed by atoms with van der Waals surface area (Å²) in [7, 11) is 1.71. The zero-order valence-electron chi connectivity index (χ0n) is 36.6. The number of benzene rings is 3. The average Bonchev–Trinajstić information content (AvgIpc) is 3.61. The van der Waals surface area contributed by atoms with Gasteiger partial charge in [-0.1, -0.05) is 114 Å². The number of methoxy groups -OCH3 is 1. The third kappa shape index (κ3) is 12.4. The van der Waals surface area contributed by atoms with E-state index < -0.39 is 22.6 Å². The molecule has 0 bridgehead atoms. The lowest BCUT2D eigenvalue weighted by atomic mass is 9.63. The topological polar surface area (TPSA) is 197 Å². The summed E-state index contributed by atoms with van der Waals surface area (Å²) in [5, 5.41) is 18.1. The van der Waals surface area contributed by atoms with Gasteiger partial charge in [-0.3, -0.25) is 31.7 Å². The molecule has 3 saturated carbocycles. The molecule has 3 fully saturated rings. The Kier molecular flexibility index (Phi) is 21.8. The molecule has 4 aromatic rings. The molecule has 9 rings (SSSR count). The maximum atomic E-state index is 14.4. The summed E-state index contributed by atoms with van der Waals surface area (Å²) < 4.78 is 48.8. The van der Waals surface area contributed by atoms with Gasteiger partial charge in [0.2, 0.25) is 5.91 Å². The Morgan fingerprint density at radius 1 is 0.646 bits per heavy atom. The van der Waals surface area contributed by atoms with Crippen molar-refractivity contribution in [2.45, 2.75) is 160 Å². The normalized spacial score (nSPS) is 18.4. The summed E-state index contributed by atoms with van der Waals surface area (Å²) in [5.74, 6) is 14.1. The smallest absolute Gasteiger partial charge is 0.314 e. The number of carbonyl (C=O) groups is 2. The third-order valence-corrected chi connectivity index (χ3v) is 13.4. The summed E-state index contributed by atoms with van der Waals surface area (Å²) in [5.41, 5.74) is 1.78. The molecule has 0 unspecified atom stereocenters. The number of nitrogens with one attached hydrogen (secondary N) is 1. The molecular weight excluding hydrogens is 834 g/mol. The minimum absolute atomic E-state index is 0. The van der Waals surface area contributed by atoms with Crippen LogP contribution in [0.4, 0.5) is 13.2 Å². The Morgan fingerprint density at radius 3 is 1.58 bits per heavy atom. The van der Waals surface area contributed by atoms with Crippen molar-refractivity contribution in [2.24, 2.45) is 22.5 Å². The van der Waals surface area contributed by atoms with Gasteiger partial charge in [0.15, 0.2) is 5.90 Å². The average molecular weight is 907 g/mol. The van der Waals surface area contributed by atoms with E-state index in [1.54, 1.807) is 55.6 Å². The number of amides is 1. The van der Waals surface area contributed by atoms with Crippen LogP contribution in [-0.2, 0) is 43.5 Å². The second-order valence-electron chi connectivity index (χ2n) is 16.9. The van der Waals surface area contributed by atoms with Gasteiger partial charge in [-0.2, -0.15) is 0 Å². The molecule has 3 aromatic carbocycles. The van der Waals surface area contributed by atoms with Crippen LogP contribution in [0.3, 0.4) is 0 Å². The van der Waals surface area contributed by atoms with Gasteiger partial charge in [-0.25, -0.2) is 19.0 Å². The molecule has 15 heteroatoms. The van der Waals surface area contributed by atoms with Gasteiger partial charge in [-0.15, -0.1) is 10.2 Å². The van der Waals surface area contributed by atoms with E-state index >= 15 is 0 Å². The quantitative estimate of drug-likeness (QED) is 0.0711. The van der Waals surface area contributed by atoms with Crippen LogP contribution in [0.15, 0.2) is 77.8 Å². The Morgan fingerprint density at radius 2 is 1.12 bits per heavy atom. The van der Waals surface area contributed by atoms with Crippen LogP contribution in [0.5, 0.6) is 0 Å². The number of nitrogens with two attached hydrogens (primary N) is 3. The number of aromatic nitrogens is 3. The van der Waals surface area contributed by atoms with Crippen LogP contribution in [0.2, 0.25) is 0 Å². The minimum Gasteiger partial charge on any atom is -0.484 e. The van der Waals surface area contributed by atoms with Crippen molar-refractivity contribution in [1.29, 1.82) is 0 Å². The summed E-state index contributed by atoms with van der Waals surface area (Å²) in [6.45, 7) is 1.94. The van der Waals surface area contributed by atoms with Crippen LogP contribution in [0.1, 0.15) is 159 Å². The molecule has 0 saturated heterocycles. The van der Waals surface area contributed by atoms with Gasteiger partial charge >= 0.3 is 5.97 Å². The molecule has 1 aromatic heterocycles. The highest BCUT2D eigenvalue weighted by Crippen LogP contribution is 2.50. The number of aryl methyl sites for hydroxylation is 1. The first-order valence-electron chi connectivity index (χ1n) is 22.4. The molecular formula is C50H73F3N8O4. The molecule has 8 N–H and O–H groups in total. The first-order valence-corrected chi connectivity index (χ1v) is 22.4. The molecule has 5 aliphatic rings. The molecule has 358 valence electrons. The van der Waals surface area contributed by atoms with E-state index in [0.717, 1.165) is 81.1 Å². The maximum Gasteiger partial charge on any atom is 0.314 e. The number of carbonyl (C=O) groups excluding carboxylic acids is 1. The number of hydrazine groups is 2. The fraction of sp³-hybridized carbons (Fsp3) is 0.540. The van der Waals surface area contributed by atoms with Crippen molar-refractivity contribution in [3.8, 4) is 0 Å². The van der Waals surface area contributed by atoms with Crippen molar-refractivity contribution in [3.05, 3.63) is 119 Å². The standard InChI is InChI=1S/C18H22FN3.C11H13FN2O.C11H11FO2.C8H15NO.2CH4.H4N2/c19-15-9-5-4-8-14(15)18(11-7-12-18)17-21-20-16-10-3-1-2-6-13-22(16)17;12-9-5-2-1-4-8(9)11(6-3-7-11)10(15)14-13;12-9-5-2-1-4-8(9)11(10(13)14)6-3-7-11;1-10-8-6-4-2-3-5-7-9-8;;;1-2/h4-5,8-9H,1-3,6-7,10-13H2;1-2,4-5H,3,6-7,13H2,(H,14,15);1-2,4-5H,3,6-7H2,(H,13,14);2-7H2,1H3;2*1H4;1-2H2. The van der Waals surface area contributed by atoms with Gasteiger partial charge in [0.25, 0.3) is 0 Å². The number of fused-ring (bicyclic) bond motifs is 1. The highest BCUT2D eigenvalue weighted by atomic mass is 19.1. The van der Waals surface area contributed by atoms with Crippen LogP contribution >= 0.6 is 0 Å². The second kappa shape index (κ2) is 26.1. The van der Waals surface area contributed by atoms with Crippen molar-refractivity contribution < 1.29 is 32.6 Å². The largest absolute Gasteiger partial charge is 0.484 e. The molecule has 1 amide bonds. The lowest BCUT2D eigenvalue weighted by Crippen LogP contribution is -2.51. The summed E-state index contributed by atoms with van der Waals surface area (Å²) in [4.78, 5) is 27.1. The SMILES string of the molecule is C.C.COC1=NCCCCCC1.Fc1ccccc1C1(c2nnc3n2CCCCCC3)CCC1.NN.NNC(=O)C1(c2ccccc2F)CCC1.O=C(O)C1(c2ccccc2F)CCC1. The lowest BCUT2D eigenvalue weighted by Gasteiger charge is -2.41. The van der Waals surface area contributed by atoms with E-state index in [-0.39, 0.29) is 37.8 Å². The predicted molar refractivity (Wildman–Crippen MR) is 251 cm³/mol. The Bertz CT molecular complexity index is 2120. The third-order valence-electron chi connectivity index (χ3n) is 13.4. The van der Waals surface area contributed by atoms with E-state index in [9.17, 15) is 22.8 Å². The maximum absolute atomic E-state index is 14.4. The van der Waals surface area contributed by atoms with Crippen molar-refractivity contribution in [2.75, 3.05) is 13.7 Å². The number of carboxylic acid groups (broad SMARTS) is 1. The minimum atomic E-state index is -0.953. The molecule has 0 atom stereocenters. The fourth-order valence-electron chi connectivity index (χ4n) is 9.31. The van der Waals surface area contributed by atoms with Crippen molar-refractivity contribution in [3.63, 3.8) is 0 Å². The molecule has 12 nitrogen and oxygen atoms in total. The lowest BCUT2D eigenvalue weighted by molar-refractivity contribution is -0.147. The second-order valence-corrected chi connectivity index (χ2v) is 16.9. The number of halogens is 3. The van der Waals surface area contributed by atoms with E-state index in [1.807, 2.05) is 12.1 Å². The zero-order chi connectivity index (χ0) is 45.3. The number of nitrogens with zero attached hydrogens (tertiary/aromatic N) is 4. The van der Waals surface area contributed by atoms with Gasteiger partial charge < -0.3 is 14.4 Å². The van der Waals surface area contributed by atoms with Gasteiger partial charge in [0, 0.05) is 42.6 Å². The summed E-state index contributed by atoms with van der Waals surface area (Å²) >= 11 is 0. The van der Waals surface area contributed by atoms with E-state index in [4.69, 9.17) is 15.7 Å². The molecule has 0 radical (unpaired) electrons. The van der Waals surface area contributed by atoms with E-state index in [2.05, 4.69) is 36.9 Å². The van der Waals surface area contributed by atoms with Crippen molar-refractivity contribution in [1.82, 2.24) is 20.2 Å². The highest BCUT2D eigenvalue weighted by Gasteiger charge is 2.49. The predicted octanol–water partition coefficient (Wildman–Crippen LogP) is 9.66. The van der Waals surface area contributed by atoms with Crippen LogP contribution in [0.25, 0.3) is 0 Å². The van der Waals surface area contributed by atoms with Crippen LogP contribution in [-0.4, -0.2) is 51.3 Å². The number of aliphatic imine (C=N–C) groups is 1. The van der Waals surface area contributed by atoms with Gasteiger partial charge in [0.05, 0.1) is 23.4 Å². The van der Waals surface area contributed by atoms with E-state index in [0.29, 0.717) is 36.8 Å². The number of hydrogen-bond donors (Lipinski definition) is 5. The molecule has 2 aliphatic heterocycles. The van der Waals surface area contributed by atoms with Gasteiger partial charge in [-0.05, 0) is 82.4 Å². The zero-order valence-corrected chi connectivity index (χ0v) is 36.6. The monoisotopic (exact) mass is 907 g/mol. The Hall–Kier alpha value is -5.12. The molecule has 0 spiro atoms. The van der Waals surface area contributed by atoms with Crippen LogP contribution in [0, 0.1) is 17.5 Å². The van der Waals surface area contributed by atoms with Crippen LogP contribution < -0.4 is 23.0 Å². The first-order chi connectivity index (χ1) is 30.6.